The van der Waals surface area contributed by atoms with Crippen LogP contribution in [0.5, 0.6) is 0 Å². The average molecular weight is 327 g/mol. The summed E-state index contributed by atoms with van der Waals surface area (Å²) in [6.45, 7) is 6.43. The zero-order valence-corrected chi connectivity index (χ0v) is 14.6. The normalized spacial score (nSPS) is 12.2. The molecule has 0 bridgehead atoms. The monoisotopic (exact) mass is 326 g/mol. The maximum atomic E-state index is 6.30. The van der Waals surface area contributed by atoms with E-state index < -0.39 is 0 Å². The first-order chi connectivity index (χ1) is 11.3. The van der Waals surface area contributed by atoms with Gasteiger partial charge in [-0.3, -0.25) is 4.57 Å². The van der Waals surface area contributed by atoms with Gasteiger partial charge < -0.3 is 4.90 Å². The molecule has 0 spiro atoms. The molecule has 3 aromatic rings. The number of halogens is 1. The van der Waals surface area contributed by atoms with Gasteiger partial charge in [-0.15, -0.1) is 0 Å². The number of benzene rings is 2. The van der Waals surface area contributed by atoms with Gasteiger partial charge >= 0.3 is 0 Å². The van der Waals surface area contributed by atoms with Gasteiger partial charge in [0.15, 0.2) is 0 Å². The fourth-order valence-corrected chi connectivity index (χ4v) is 3.54. The maximum Gasteiger partial charge on any atom is 0.125 e. The van der Waals surface area contributed by atoms with E-state index in [4.69, 9.17) is 11.6 Å². The van der Waals surface area contributed by atoms with E-state index in [1.54, 1.807) is 5.54 Å². The van der Waals surface area contributed by atoms with Crippen molar-refractivity contribution in [3.05, 3.63) is 54.1 Å². The highest BCUT2D eigenvalue weighted by Gasteiger charge is 2.16. The fourth-order valence-electron chi connectivity index (χ4n) is 3.31. The van der Waals surface area contributed by atoms with E-state index in [0.717, 1.165) is 31.8 Å². The average Bonchev–Trinajstić information content (AvgIpc) is 2.91. The van der Waals surface area contributed by atoms with Crippen molar-refractivity contribution in [1.29, 1.82) is 0 Å². The summed E-state index contributed by atoms with van der Waals surface area (Å²) < 4.78 is 2.29. The molecule has 0 amide bonds. The number of para-hydroxylation sites is 2. The Morgan fingerprint density at radius 1 is 0.913 bits per heavy atom. The Morgan fingerprint density at radius 2 is 1.39 bits per heavy atom. The number of rotatable bonds is 6. The van der Waals surface area contributed by atoms with Crippen molar-refractivity contribution in [3.8, 4) is 0 Å². The Hall–Kier alpha value is -1.93. The molecular weight excluding hydrogens is 304 g/mol. The minimum Gasteiger partial charge on any atom is -0.357 e. The van der Waals surface area contributed by atoms with E-state index >= 15 is 0 Å². The van der Waals surface area contributed by atoms with Crippen LogP contribution in [-0.4, -0.2) is 22.6 Å². The SMILES string of the molecule is CCCN(CCC)/C(=C/Cl)n1c2ccccc2c2ccccc21. The second-order valence-corrected chi connectivity index (χ2v) is 6.04. The highest BCUT2D eigenvalue weighted by molar-refractivity contribution is 6.28. The van der Waals surface area contributed by atoms with Crippen LogP contribution in [0.15, 0.2) is 54.1 Å². The maximum absolute atomic E-state index is 6.30. The molecule has 3 heteroatoms. The van der Waals surface area contributed by atoms with E-state index in [1.807, 2.05) is 0 Å². The molecule has 3 rings (SSSR count). The summed E-state index contributed by atoms with van der Waals surface area (Å²) in [5, 5.41) is 2.54. The summed E-state index contributed by atoms with van der Waals surface area (Å²) in [6, 6.07) is 17.1. The predicted octanol–water partition coefficient (Wildman–Crippen LogP) is 5.91. The number of hydrogen-bond acceptors (Lipinski definition) is 1. The predicted molar refractivity (Wildman–Crippen MR) is 102 cm³/mol. The largest absolute Gasteiger partial charge is 0.357 e. The summed E-state index contributed by atoms with van der Waals surface area (Å²) in [5.74, 6) is 1.06. The lowest BCUT2D eigenvalue weighted by Gasteiger charge is -2.28. The van der Waals surface area contributed by atoms with Crippen LogP contribution in [0.2, 0.25) is 0 Å². The lowest BCUT2D eigenvalue weighted by Crippen LogP contribution is -2.26. The Morgan fingerprint density at radius 3 is 1.83 bits per heavy atom. The van der Waals surface area contributed by atoms with Crippen molar-refractivity contribution in [3.63, 3.8) is 0 Å². The first-order valence-corrected chi connectivity index (χ1v) is 8.79. The molecule has 0 fully saturated rings. The van der Waals surface area contributed by atoms with Crippen molar-refractivity contribution < 1.29 is 0 Å². The summed E-state index contributed by atoms with van der Waals surface area (Å²) in [6.07, 6.45) is 2.21. The lowest BCUT2D eigenvalue weighted by molar-refractivity contribution is 0.382. The molecule has 0 radical (unpaired) electrons. The standard InChI is InChI=1S/C20H23ClN2/c1-3-13-22(14-4-2)20(15-21)23-18-11-7-5-9-16(18)17-10-6-8-12-19(17)23/h5-12,15H,3-4,13-14H2,1-2H3/b20-15-. The minimum absolute atomic E-state index is 1.01. The van der Waals surface area contributed by atoms with Crippen LogP contribution in [0.4, 0.5) is 0 Å². The van der Waals surface area contributed by atoms with Gasteiger partial charge in [-0.1, -0.05) is 61.8 Å². The van der Waals surface area contributed by atoms with Crippen molar-refractivity contribution >= 4 is 39.2 Å². The van der Waals surface area contributed by atoms with Gasteiger partial charge in [0, 0.05) is 29.4 Å². The molecule has 23 heavy (non-hydrogen) atoms. The number of hydrogen-bond donors (Lipinski definition) is 0. The third-order valence-electron chi connectivity index (χ3n) is 4.22. The Bertz CT molecular complexity index is 773. The zero-order chi connectivity index (χ0) is 16.2. The van der Waals surface area contributed by atoms with Crippen LogP contribution in [0.1, 0.15) is 26.7 Å². The Balaban J connectivity index is 2.27. The number of aromatic nitrogens is 1. The second kappa shape index (κ2) is 7.10. The van der Waals surface area contributed by atoms with Gasteiger partial charge in [0.1, 0.15) is 5.82 Å². The van der Waals surface area contributed by atoms with E-state index in [9.17, 15) is 0 Å². The number of nitrogens with zero attached hydrogens (tertiary/aromatic N) is 2. The molecule has 0 atom stereocenters. The third kappa shape index (κ3) is 2.84. The highest BCUT2D eigenvalue weighted by atomic mass is 35.5. The smallest absolute Gasteiger partial charge is 0.125 e. The molecule has 0 unspecified atom stereocenters. The van der Waals surface area contributed by atoms with Gasteiger partial charge in [0.25, 0.3) is 0 Å². The first-order valence-electron chi connectivity index (χ1n) is 8.35. The molecule has 0 saturated heterocycles. The first kappa shape index (κ1) is 15.9. The molecule has 0 N–H and O–H groups in total. The van der Waals surface area contributed by atoms with Crippen LogP contribution in [0, 0.1) is 0 Å². The van der Waals surface area contributed by atoms with E-state index in [2.05, 4.69) is 71.8 Å². The zero-order valence-electron chi connectivity index (χ0n) is 13.8. The second-order valence-electron chi connectivity index (χ2n) is 5.82. The van der Waals surface area contributed by atoms with E-state index in [1.165, 1.54) is 21.8 Å². The molecule has 1 heterocycles. The quantitative estimate of drug-likeness (QED) is 0.546. The van der Waals surface area contributed by atoms with Crippen molar-refractivity contribution in [2.75, 3.05) is 13.1 Å². The van der Waals surface area contributed by atoms with Gasteiger partial charge in [-0.05, 0) is 25.0 Å². The summed E-state index contributed by atoms with van der Waals surface area (Å²) in [7, 11) is 0. The van der Waals surface area contributed by atoms with Crippen LogP contribution in [0.3, 0.4) is 0 Å². The summed E-state index contributed by atoms with van der Waals surface area (Å²) >= 11 is 6.30. The van der Waals surface area contributed by atoms with Gasteiger partial charge in [-0.2, -0.15) is 0 Å². The third-order valence-corrected chi connectivity index (χ3v) is 4.41. The molecule has 2 nitrogen and oxygen atoms in total. The molecule has 0 aliphatic rings. The van der Waals surface area contributed by atoms with Crippen LogP contribution < -0.4 is 0 Å². The van der Waals surface area contributed by atoms with Gasteiger partial charge in [0.2, 0.25) is 0 Å². The molecule has 1 aromatic heterocycles. The van der Waals surface area contributed by atoms with E-state index in [-0.39, 0.29) is 0 Å². The molecule has 0 aliphatic heterocycles. The van der Waals surface area contributed by atoms with Gasteiger partial charge in [0.05, 0.1) is 11.0 Å². The molecular formula is C20H23ClN2. The van der Waals surface area contributed by atoms with Crippen molar-refractivity contribution in [2.45, 2.75) is 26.7 Å². The van der Waals surface area contributed by atoms with Crippen LogP contribution >= 0.6 is 11.6 Å². The Labute approximate surface area is 143 Å². The minimum atomic E-state index is 1.01. The van der Waals surface area contributed by atoms with Crippen molar-refractivity contribution in [1.82, 2.24) is 9.47 Å². The van der Waals surface area contributed by atoms with Crippen LogP contribution in [0.25, 0.3) is 27.6 Å². The van der Waals surface area contributed by atoms with Crippen molar-refractivity contribution in [2.24, 2.45) is 0 Å². The highest BCUT2D eigenvalue weighted by Crippen LogP contribution is 2.32. The molecule has 120 valence electrons. The van der Waals surface area contributed by atoms with Gasteiger partial charge in [-0.25, -0.2) is 0 Å². The van der Waals surface area contributed by atoms with E-state index in [0.29, 0.717) is 0 Å². The molecule has 2 aromatic carbocycles. The summed E-state index contributed by atoms with van der Waals surface area (Å²) in [5.41, 5.74) is 4.14. The molecule has 0 saturated carbocycles. The summed E-state index contributed by atoms with van der Waals surface area (Å²) in [4.78, 5) is 2.38. The Kier molecular flexibility index (Phi) is 4.92. The molecule has 0 aliphatic carbocycles. The van der Waals surface area contributed by atoms with Crippen LogP contribution in [-0.2, 0) is 0 Å². The topological polar surface area (TPSA) is 8.17 Å². The fraction of sp³-hybridized carbons (Fsp3) is 0.300. The lowest BCUT2D eigenvalue weighted by atomic mass is 10.2. The number of fused-ring (bicyclic) bond motifs is 3.